The van der Waals surface area contributed by atoms with Gasteiger partial charge in [0, 0.05) is 0 Å². The average molecular weight is 146 g/mol. The Hall–Kier alpha value is -1.16. The second-order valence-electron chi connectivity index (χ2n) is 3.16. The van der Waals surface area contributed by atoms with Gasteiger partial charge < -0.3 is 4.42 Å². The minimum atomic E-state index is -0.0341. The van der Waals surface area contributed by atoms with Crippen LogP contribution in [0.3, 0.4) is 0 Å². The van der Waals surface area contributed by atoms with Crippen molar-refractivity contribution in [1.82, 2.24) is 0 Å². The highest BCUT2D eigenvalue weighted by molar-refractivity contribution is 5.38. The molecule has 0 aromatic carbocycles. The summed E-state index contributed by atoms with van der Waals surface area (Å²) in [6.45, 7) is 2.04. The molecule has 0 atom stereocenters. The molecular formula is C10H10O. The first-order chi connectivity index (χ1) is 5.28. The van der Waals surface area contributed by atoms with E-state index in [2.05, 4.69) is 5.92 Å². The van der Waals surface area contributed by atoms with Gasteiger partial charge in [-0.15, -0.1) is 6.42 Å². The van der Waals surface area contributed by atoms with Crippen LogP contribution in [0.1, 0.15) is 24.2 Å². The molecule has 1 heteroatoms. The van der Waals surface area contributed by atoms with E-state index >= 15 is 0 Å². The molecule has 56 valence electrons. The number of rotatable bonds is 1. The van der Waals surface area contributed by atoms with E-state index in [1.807, 2.05) is 13.0 Å². The van der Waals surface area contributed by atoms with Crippen LogP contribution in [0.2, 0.25) is 0 Å². The summed E-state index contributed by atoms with van der Waals surface area (Å²) >= 11 is 0. The maximum atomic E-state index is 5.42. The Balaban J connectivity index is 2.45. The van der Waals surface area contributed by atoms with E-state index in [-0.39, 0.29) is 5.41 Å². The molecule has 0 bridgehead atoms. The lowest BCUT2D eigenvalue weighted by atomic mass is 10.0. The number of hydrogen-bond acceptors (Lipinski definition) is 1. The molecule has 0 amide bonds. The predicted molar refractivity (Wildman–Crippen MR) is 43.2 cm³/mol. The van der Waals surface area contributed by atoms with E-state index < -0.39 is 0 Å². The molecule has 1 saturated carbocycles. The van der Waals surface area contributed by atoms with Crippen LogP contribution in [0.15, 0.2) is 16.7 Å². The summed E-state index contributed by atoms with van der Waals surface area (Å²) in [7, 11) is 0. The van der Waals surface area contributed by atoms with Gasteiger partial charge in [0.05, 0.1) is 11.7 Å². The van der Waals surface area contributed by atoms with Crippen molar-refractivity contribution in [3.8, 4) is 12.3 Å². The predicted octanol–water partition coefficient (Wildman–Crippen LogP) is 2.25. The van der Waals surface area contributed by atoms with E-state index in [9.17, 15) is 0 Å². The van der Waals surface area contributed by atoms with Gasteiger partial charge >= 0.3 is 0 Å². The van der Waals surface area contributed by atoms with Gasteiger partial charge in [0.1, 0.15) is 5.76 Å². The van der Waals surface area contributed by atoms with Crippen LogP contribution in [0, 0.1) is 19.3 Å². The molecule has 0 unspecified atom stereocenters. The van der Waals surface area contributed by atoms with Gasteiger partial charge in [-0.25, -0.2) is 0 Å². The minimum Gasteiger partial charge on any atom is -0.467 e. The van der Waals surface area contributed by atoms with Gasteiger partial charge in [0.2, 0.25) is 0 Å². The van der Waals surface area contributed by atoms with Crippen molar-refractivity contribution in [2.45, 2.75) is 25.2 Å². The number of terminal acetylenes is 1. The molecule has 1 aliphatic rings. The first kappa shape index (κ1) is 6.54. The summed E-state index contributed by atoms with van der Waals surface area (Å²) in [6, 6.07) is 1.97. The van der Waals surface area contributed by atoms with Gasteiger partial charge in [-0.3, -0.25) is 0 Å². The summed E-state index contributed by atoms with van der Waals surface area (Å²) < 4.78 is 5.34. The van der Waals surface area contributed by atoms with Crippen LogP contribution in [-0.4, -0.2) is 0 Å². The topological polar surface area (TPSA) is 13.1 Å². The molecule has 11 heavy (non-hydrogen) atoms. The van der Waals surface area contributed by atoms with Crippen molar-refractivity contribution in [2.24, 2.45) is 0 Å². The highest BCUT2D eigenvalue weighted by Crippen LogP contribution is 2.48. The quantitative estimate of drug-likeness (QED) is 0.554. The Labute approximate surface area is 66.4 Å². The molecule has 1 heterocycles. The smallest absolute Gasteiger partial charge is 0.124 e. The van der Waals surface area contributed by atoms with E-state index in [1.54, 1.807) is 6.26 Å². The molecule has 0 aliphatic heterocycles. The Morgan fingerprint density at radius 2 is 2.36 bits per heavy atom. The van der Waals surface area contributed by atoms with Crippen molar-refractivity contribution in [3.05, 3.63) is 23.7 Å². The molecule has 0 saturated heterocycles. The van der Waals surface area contributed by atoms with Gasteiger partial charge in [0.15, 0.2) is 0 Å². The molecule has 1 aliphatic carbocycles. The molecule has 1 nitrogen and oxygen atoms in total. The highest BCUT2D eigenvalue weighted by Gasteiger charge is 2.46. The van der Waals surface area contributed by atoms with E-state index in [1.165, 1.54) is 5.56 Å². The van der Waals surface area contributed by atoms with Gasteiger partial charge in [-0.2, -0.15) is 0 Å². The maximum absolute atomic E-state index is 5.42. The van der Waals surface area contributed by atoms with E-state index in [0.717, 1.165) is 18.6 Å². The Kier molecular flexibility index (Phi) is 1.14. The summed E-state index contributed by atoms with van der Waals surface area (Å²) in [5, 5.41) is 0. The minimum absolute atomic E-state index is 0.0341. The second kappa shape index (κ2) is 1.92. The molecule has 0 N–H and O–H groups in total. The third-order valence-electron chi connectivity index (χ3n) is 2.32. The molecule has 0 spiro atoms. The van der Waals surface area contributed by atoms with Crippen molar-refractivity contribution in [2.75, 3.05) is 0 Å². The monoisotopic (exact) mass is 146 g/mol. The van der Waals surface area contributed by atoms with Gasteiger partial charge in [-0.1, -0.05) is 5.92 Å². The molecule has 0 radical (unpaired) electrons. The summed E-state index contributed by atoms with van der Waals surface area (Å²) in [4.78, 5) is 0. The van der Waals surface area contributed by atoms with Crippen molar-refractivity contribution in [3.63, 3.8) is 0 Å². The van der Waals surface area contributed by atoms with Crippen LogP contribution in [0.25, 0.3) is 0 Å². The normalized spacial score (nSPS) is 19.3. The second-order valence-corrected chi connectivity index (χ2v) is 3.16. The third-order valence-corrected chi connectivity index (χ3v) is 2.32. The summed E-state index contributed by atoms with van der Waals surface area (Å²) in [6.07, 6.45) is 9.29. The van der Waals surface area contributed by atoms with E-state index in [0.29, 0.717) is 0 Å². The number of aryl methyl sites for hydroxylation is 1. The van der Waals surface area contributed by atoms with Crippen molar-refractivity contribution >= 4 is 0 Å². The lowest BCUT2D eigenvalue weighted by Gasteiger charge is -2.03. The van der Waals surface area contributed by atoms with Crippen LogP contribution < -0.4 is 0 Å². The zero-order valence-corrected chi connectivity index (χ0v) is 6.55. The fourth-order valence-corrected chi connectivity index (χ4v) is 1.42. The van der Waals surface area contributed by atoms with Gasteiger partial charge in [0.25, 0.3) is 0 Å². The molecule has 1 aromatic rings. The van der Waals surface area contributed by atoms with Crippen molar-refractivity contribution < 1.29 is 4.42 Å². The SMILES string of the molecule is C#CC1(c2occc2C)CC1. The third kappa shape index (κ3) is 0.793. The molecule has 1 fully saturated rings. The molecular weight excluding hydrogens is 136 g/mol. The Morgan fingerprint density at radius 3 is 2.73 bits per heavy atom. The number of furan rings is 1. The standard InChI is InChI=1S/C10H10O/c1-3-10(5-6-10)9-8(2)4-7-11-9/h1,4,7H,5-6H2,2H3. The first-order valence-electron chi connectivity index (χ1n) is 3.81. The fourth-order valence-electron chi connectivity index (χ4n) is 1.42. The van der Waals surface area contributed by atoms with Crippen LogP contribution in [0.5, 0.6) is 0 Å². The van der Waals surface area contributed by atoms with Crippen molar-refractivity contribution in [1.29, 1.82) is 0 Å². The highest BCUT2D eigenvalue weighted by atomic mass is 16.3. The zero-order chi connectivity index (χ0) is 7.90. The first-order valence-corrected chi connectivity index (χ1v) is 3.81. The summed E-state index contributed by atoms with van der Waals surface area (Å²) in [5.41, 5.74) is 1.15. The lowest BCUT2D eigenvalue weighted by molar-refractivity contribution is 0.486. The van der Waals surface area contributed by atoms with Crippen LogP contribution >= 0.6 is 0 Å². The largest absolute Gasteiger partial charge is 0.467 e. The van der Waals surface area contributed by atoms with Crippen LogP contribution in [-0.2, 0) is 5.41 Å². The van der Waals surface area contributed by atoms with Crippen LogP contribution in [0.4, 0.5) is 0 Å². The Bertz CT molecular complexity index is 310. The molecule has 1 aromatic heterocycles. The zero-order valence-electron chi connectivity index (χ0n) is 6.55. The average Bonchev–Trinajstić information content (AvgIpc) is 2.70. The maximum Gasteiger partial charge on any atom is 0.124 e. The van der Waals surface area contributed by atoms with Gasteiger partial charge in [-0.05, 0) is 31.4 Å². The fraction of sp³-hybridized carbons (Fsp3) is 0.400. The summed E-state index contributed by atoms with van der Waals surface area (Å²) in [5.74, 6) is 3.80. The number of hydrogen-bond donors (Lipinski definition) is 0. The Morgan fingerprint density at radius 1 is 1.64 bits per heavy atom. The lowest BCUT2D eigenvalue weighted by Crippen LogP contribution is -2.01. The molecule has 2 rings (SSSR count). The van der Waals surface area contributed by atoms with E-state index in [4.69, 9.17) is 10.8 Å².